The third-order valence-corrected chi connectivity index (χ3v) is 5.43. The lowest BCUT2D eigenvalue weighted by Gasteiger charge is -2.11. The molecule has 0 aliphatic carbocycles. The molecule has 0 bridgehead atoms. The molecule has 24 heteroatoms. The fraction of sp³-hybridized carbons (Fsp3) is 0.450. The van der Waals surface area contributed by atoms with Crippen LogP contribution in [0.25, 0.3) is 0 Å². The van der Waals surface area contributed by atoms with Crippen LogP contribution in [0.1, 0.15) is 55.4 Å². The van der Waals surface area contributed by atoms with Gasteiger partial charge in [-0.25, -0.2) is 38.4 Å². The van der Waals surface area contributed by atoms with Gasteiger partial charge in [0.05, 0.1) is 38.8 Å². The molecule has 2 rings (SSSR count). The summed E-state index contributed by atoms with van der Waals surface area (Å²) in [6.45, 7) is 19.9. The van der Waals surface area contributed by atoms with Crippen LogP contribution in [0.2, 0.25) is 0 Å². The first-order valence-electron chi connectivity index (χ1n) is 18.7. The Morgan fingerprint density at radius 3 is 1.28 bits per heavy atom. The average Bonchev–Trinajstić information content (AvgIpc) is 3.24. The third kappa shape index (κ3) is 42.6. The van der Waals surface area contributed by atoms with Gasteiger partial charge in [-0.05, 0) is 79.7 Å². The lowest BCUT2D eigenvalue weighted by atomic mass is 10.4. The fourth-order valence-corrected chi connectivity index (χ4v) is 2.80. The molecule has 0 radical (unpaired) electrons. The van der Waals surface area contributed by atoms with Gasteiger partial charge in [0, 0.05) is 12.4 Å². The number of carbonyl (C=O) groups is 8. The van der Waals surface area contributed by atoms with E-state index >= 15 is 0 Å². The Kier molecular flexibility index (Phi) is 41.6. The van der Waals surface area contributed by atoms with Crippen molar-refractivity contribution in [1.82, 2.24) is 9.97 Å². The number of nitrogens with zero attached hydrogens (tertiary/aromatic N) is 2. The first kappa shape index (κ1) is 63.1. The fourth-order valence-electron chi connectivity index (χ4n) is 2.80. The van der Waals surface area contributed by atoms with Crippen LogP contribution in [-0.2, 0) is 61.8 Å². The standard InChI is InChI=1S/C11H13NO5.C9H14O5.C6H10O5.C5H5NO.C5H10O3.C4H6O3/c1-3-15-10(13)8(2)16-11(14)17-9-5-4-6-12-7-9;1-4-6-13-9(11)14-7(3)8(10)12-5-2;1-3-10-5(7)4(2)11-6(8)9;7-5-2-1-3-6-4-5;1-3-8-5(7)4(2)6;1-2-3-7-4(5)6/h4-8H,3H2,1-2H3;4,7H,1,5-6H2,2-3H3;4H,3H2,1-2H3,(H,8,9);1-4,7H;4,6H,3H2,1-2H3;2H,1,3H2,(H,5,6). The molecule has 0 spiro atoms. The second kappa shape index (κ2) is 42.2. The van der Waals surface area contributed by atoms with Crippen molar-refractivity contribution in [2.45, 2.75) is 79.8 Å². The summed E-state index contributed by atoms with van der Waals surface area (Å²) in [6.07, 6.45) is 0.0445. The Morgan fingerprint density at radius 2 is 0.984 bits per heavy atom. The molecule has 4 unspecified atom stereocenters. The van der Waals surface area contributed by atoms with Crippen molar-refractivity contribution in [3.05, 3.63) is 74.4 Å². The van der Waals surface area contributed by atoms with Crippen LogP contribution in [0.15, 0.2) is 74.4 Å². The number of ether oxygens (including phenoxy) is 10. The molecule has 4 atom stereocenters. The normalized spacial score (nSPS) is 10.9. The molecule has 0 aromatic carbocycles. The number of aliphatic hydroxyl groups excluding tert-OH is 1. The van der Waals surface area contributed by atoms with Crippen LogP contribution < -0.4 is 4.74 Å². The van der Waals surface area contributed by atoms with Gasteiger partial charge in [-0.15, -0.1) is 0 Å². The van der Waals surface area contributed by atoms with Gasteiger partial charge in [0.2, 0.25) is 0 Å². The predicted octanol–water partition coefficient (Wildman–Crippen LogP) is 5.04. The molecule has 0 amide bonds. The van der Waals surface area contributed by atoms with Crippen molar-refractivity contribution in [3.8, 4) is 11.5 Å². The van der Waals surface area contributed by atoms with E-state index in [4.69, 9.17) is 29.9 Å². The van der Waals surface area contributed by atoms with Crippen LogP contribution in [0, 0.1) is 0 Å². The Labute approximate surface area is 369 Å². The number of carbonyl (C=O) groups excluding carboxylic acids is 6. The smallest absolute Gasteiger partial charge is 0.506 e. The van der Waals surface area contributed by atoms with Gasteiger partial charge < -0.3 is 67.8 Å². The zero-order chi connectivity index (χ0) is 49.9. The minimum atomic E-state index is -1.48. The minimum absolute atomic E-state index is 0.0500. The van der Waals surface area contributed by atoms with Gasteiger partial charge in [0.1, 0.15) is 25.1 Å². The summed E-state index contributed by atoms with van der Waals surface area (Å²) < 4.78 is 44.8. The number of aromatic nitrogens is 2. The number of hydrogen-bond donors (Lipinski definition) is 4. The van der Waals surface area contributed by atoms with Crippen molar-refractivity contribution >= 4 is 48.5 Å². The molecule has 2 aromatic rings. The molecule has 0 fully saturated rings. The highest BCUT2D eigenvalue weighted by Crippen LogP contribution is 2.08. The number of esters is 4. The van der Waals surface area contributed by atoms with E-state index in [2.05, 4.69) is 61.0 Å². The quantitative estimate of drug-likeness (QED) is 0.0972. The summed E-state index contributed by atoms with van der Waals surface area (Å²) in [5.41, 5.74) is 0. The molecule has 64 heavy (non-hydrogen) atoms. The SMILES string of the molecule is C=CCOC(=O)O.C=CCOC(=O)OC(C)C(=O)OCC.CCOC(=O)C(C)O.CCOC(=O)C(C)OC(=O)O.CCOC(=O)C(C)OC(=O)Oc1cccnc1.Oc1cccnc1. The second-order valence-corrected chi connectivity index (χ2v) is 10.7. The van der Waals surface area contributed by atoms with E-state index in [1.165, 1.54) is 52.2 Å². The number of pyridine rings is 2. The Balaban J connectivity index is -0.000000349. The van der Waals surface area contributed by atoms with Gasteiger partial charge in [-0.3, -0.25) is 9.97 Å². The largest absolute Gasteiger partial charge is 0.514 e. The topological polar surface area (TPSA) is 336 Å². The van der Waals surface area contributed by atoms with E-state index in [9.17, 15) is 38.4 Å². The number of rotatable bonds is 16. The highest BCUT2D eigenvalue weighted by Gasteiger charge is 2.21. The molecule has 2 aromatic heterocycles. The van der Waals surface area contributed by atoms with Crippen molar-refractivity contribution in [1.29, 1.82) is 0 Å². The van der Waals surface area contributed by atoms with Crippen LogP contribution in [0.4, 0.5) is 19.2 Å². The molecule has 0 saturated carbocycles. The molecule has 24 nitrogen and oxygen atoms in total. The van der Waals surface area contributed by atoms with Gasteiger partial charge in [-0.2, -0.15) is 0 Å². The summed E-state index contributed by atoms with van der Waals surface area (Å²) in [5.74, 6) is -1.99. The molecule has 0 aliphatic rings. The highest BCUT2D eigenvalue weighted by atomic mass is 16.7. The summed E-state index contributed by atoms with van der Waals surface area (Å²) in [6, 6.07) is 6.41. The predicted molar refractivity (Wildman–Crippen MR) is 220 cm³/mol. The Hall–Kier alpha value is -7.50. The van der Waals surface area contributed by atoms with Crippen molar-refractivity contribution in [2.24, 2.45) is 0 Å². The zero-order valence-electron chi connectivity index (χ0n) is 36.8. The number of aromatic hydroxyl groups is 1. The lowest BCUT2D eigenvalue weighted by molar-refractivity contribution is -0.153. The molecule has 360 valence electrons. The average molecular weight is 919 g/mol. The Morgan fingerprint density at radius 1 is 0.578 bits per heavy atom. The number of aliphatic hydroxyl groups is 1. The van der Waals surface area contributed by atoms with Crippen molar-refractivity contribution in [2.75, 3.05) is 39.6 Å². The van der Waals surface area contributed by atoms with Gasteiger partial charge in [0.25, 0.3) is 0 Å². The number of hydrogen-bond acceptors (Lipinski definition) is 22. The molecule has 4 N–H and O–H groups in total. The third-order valence-electron chi connectivity index (χ3n) is 5.43. The Bertz CT molecular complexity index is 1630. The van der Waals surface area contributed by atoms with Crippen LogP contribution >= 0.6 is 0 Å². The minimum Gasteiger partial charge on any atom is -0.506 e. The van der Waals surface area contributed by atoms with Gasteiger partial charge in [-0.1, -0.05) is 25.3 Å². The first-order valence-corrected chi connectivity index (χ1v) is 18.7. The zero-order valence-corrected chi connectivity index (χ0v) is 36.8. The van der Waals surface area contributed by atoms with Crippen LogP contribution in [0.5, 0.6) is 11.5 Å². The van der Waals surface area contributed by atoms with E-state index in [0.29, 0.717) is 6.61 Å². The van der Waals surface area contributed by atoms with Gasteiger partial charge >= 0.3 is 48.5 Å². The maximum atomic E-state index is 11.3. The first-order chi connectivity index (χ1) is 30.2. The lowest BCUT2D eigenvalue weighted by Crippen LogP contribution is -2.27. The van der Waals surface area contributed by atoms with Crippen molar-refractivity contribution < 1.29 is 106 Å². The van der Waals surface area contributed by atoms with E-state index in [0.717, 1.165) is 0 Å². The summed E-state index contributed by atoms with van der Waals surface area (Å²) >= 11 is 0. The molecular formula is C40H58N2O22. The summed E-state index contributed by atoms with van der Waals surface area (Å²) in [5, 5.41) is 32.9. The second-order valence-electron chi connectivity index (χ2n) is 10.7. The van der Waals surface area contributed by atoms with E-state index in [-0.39, 0.29) is 44.5 Å². The van der Waals surface area contributed by atoms with Gasteiger partial charge in [0.15, 0.2) is 24.1 Å². The molecule has 2 heterocycles. The summed E-state index contributed by atoms with van der Waals surface area (Å²) in [4.78, 5) is 91.9. The van der Waals surface area contributed by atoms with E-state index in [1.54, 1.807) is 64.4 Å². The van der Waals surface area contributed by atoms with Crippen LogP contribution in [-0.4, -0.2) is 143 Å². The van der Waals surface area contributed by atoms with Crippen molar-refractivity contribution in [3.63, 3.8) is 0 Å². The van der Waals surface area contributed by atoms with Crippen LogP contribution in [0.3, 0.4) is 0 Å². The molecule has 0 saturated heterocycles. The molecule has 0 aliphatic heterocycles. The van der Waals surface area contributed by atoms with E-state index in [1.807, 2.05) is 0 Å². The maximum Gasteiger partial charge on any atom is 0.514 e. The monoisotopic (exact) mass is 918 g/mol. The molecular weight excluding hydrogens is 860 g/mol. The number of carboxylic acid groups (broad SMARTS) is 2. The van der Waals surface area contributed by atoms with E-state index < -0.39 is 72.9 Å². The highest BCUT2D eigenvalue weighted by molar-refractivity contribution is 5.78. The summed E-state index contributed by atoms with van der Waals surface area (Å²) in [7, 11) is 0. The maximum absolute atomic E-state index is 11.3.